The number of hydrogen-bond donors (Lipinski definition) is 0. The molecule has 0 saturated heterocycles. The first kappa shape index (κ1) is 38.9. The zero-order chi connectivity index (χ0) is 44.7. The summed E-state index contributed by atoms with van der Waals surface area (Å²) in [4.78, 5) is 2.35. The molecule has 2 atom stereocenters. The number of nitrogens with zero attached hydrogens (tertiary/aromatic N) is 4. The minimum absolute atomic E-state index is 0.134. The molecule has 0 amide bonds. The van der Waals surface area contributed by atoms with Gasteiger partial charge in [0, 0.05) is 34.3 Å². The fourth-order valence-electron chi connectivity index (χ4n) is 11.3. The maximum Gasteiger partial charge on any atom is 0.101 e. The summed E-state index contributed by atoms with van der Waals surface area (Å²) in [5, 5.41) is 31.0. The van der Waals surface area contributed by atoms with Crippen molar-refractivity contribution in [3.63, 3.8) is 0 Å². The second kappa shape index (κ2) is 14.9. The third-order valence-corrected chi connectivity index (χ3v) is 14.4. The minimum Gasteiger partial charge on any atom is -0.310 e. The smallest absolute Gasteiger partial charge is 0.101 e. The van der Waals surface area contributed by atoms with Crippen molar-refractivity contribution in [2.45, 2.75) is 31.1 Å². The molecule has 4 heteroatoms. The van der Waals surface area contributed by atoms with Crippen LogP contribution in [0.2, 0.25) is 0 Å². The van der Waals surface area contributed by atoms with Crippen LogP contribution in [0.5, 0.6) is 0 Å². The Kier molecular flexibility index (Phi) is 8.80. The number of fused-ring (bicyclic) bond motifs is 3. The van der Waals surface area contributed by atoms with Gasteiger partial charge in [-0.15, -0.1) is 0 Å². The van der Waals surface area contributed by atoms with Gasteiger partial charge in [0.2, 0.25) is 0 Å². The molecule has 4 aliphatic rings. The van der Waals surface area contributed by atoms with Gasteiger partial charge in [0.05, 0.1) is 22.8 Å². The van der Waals surface area contributed by atoms with E-state index in [0.29, 0.717) is 16.7 Å². The van der Waals surface area contributed by atoms with Crippen molar-refractivity contribution in [3.8, 4) is 62.7 Å². The molecule has 0 aromatic heterocycles. The average molecular weight is 841 g/mol. The van der Waals surface area contributed by atoms with Gasteiger partial charge in [-0.2, -0.15) is 15.8 Å². The molecule has 0 radical (unpaired) electrons. The normalized spacial score (nSPS) is 15.2. The Balaban J connectivity index is 0.927. The fourth-order valence-corrected chi connectivity index (χ4v) is 11.3. The van der Waals surface area contributed by atoms with Gasteiger partial charge in [0.15, 0.2) is 0 Å². The van der Waals surface area contributed by atoms with E-state index in [1.165, 1.54) is 38.9 Å². The molecule has 0 fully saturated rings. The monoisotopic (exact) mass is 840 g/mol. The zero-order valence-corrected chi connectivity index (χ0v) is 36.4. The summed E-state index contributed by atoms with van der Waals surface area (Å²) >= 11 is 0. The first-order valence-corrected chi connectivity index (χ1v) is 22.4. The predicted octanol–water partition coefficient (Wildman–Crippen LogP) is 15.1. The maximum absolute atomic E-state index is 10.6. The summed E-state index contributed by atoms with van der Waals surface area (Å²) < 4.78 is 0. The molecule has 308 valence electrons. The Morgan fingerprint density at radius 1 is 0.394 bits per heavy atom. The Hall–Kier alpha value is -8.75. The van der Waals surface area contributed by atoms with Crippen LogP contribution in [-0.4, -0.2) is 0 Å². The largest absolute Gasteiger partial charge is 0.310 e. The van der Waals surface area contributed by atoms with Crippen molar-refractivity contribution in [2.75, 3.05) is 4.90 Å². The average Bonchev–Trinajstić information content (AvgIpc) is 3.61. The summed E-state index contributed by atoms with van der Waals surface area (Å²) in [6.45, 7) is 4.65. The Morgan fingerprint density at radius 2 is 0.924 bits per heavy atom. The highest BCUT2D eigenvalue weighted by atomic mass is 15.1. The molecule has 0 saturated carbocycles. The predicted molar refractivity (Wildman–Crippen MR) is 264 cm³/mol. The molecule has 4 nitrogen and oxygen atoms in total. The zero-order valence-electron chi connectivity index (χ0n) is 36.4. The van der Waals surface area contributed by atoms with Gasteiger partial charge < -0.3 is 4.90 Å². The minimum atomic E-state index is -0.259. The molecule has 0 heterocycles. The van der Waals surface area contributed by atoms with Gasteiger partial charge in [-0.3, -0.25) is 0 Å². The molecule has 13 rings (SSSR count). The summed E-state index contributed by atoms with van der Waals surface area (Å²) in [7, 11) is 0. The highest BCUT2D eigenvalue weighted by Crippen LogP contribution is 2.59. The molecule has 66 heavy (non-hydrogen) atoms. The number of rotatable bonds is 6. The lowest BCUT2D eigenvalue weighted by Crippen LogP contribution is -2.29. The van der Waals surface area contributed by atoms with Crippen LogP contribution in [0.3, 0.4) is 0 Å². The van der Waals surface area contributed by atoms with E-state index in [2.05, 4.69) is 201 Å². The van der Waals surface area contributed by atoms with Gasteiger partial charge in [0.25, 0.3) is 0 Å². The lowest BCUT2D eigenvalue weighted by molar-refractivity contribution is 0.660. The molecule has 9 aromatic carbocycles. The van der Waals surface area contributed by atoms with Crippen LogP contribution in [0, 0.1) is 34.0 Å². The first-order valence-electron chi connectivity index (χ1n) is 22.4. The van der Waals surface area contributed by atoms with E-state index in [-0.39, 0.29) is 17.3 Å². The fraction of sp³-hybridized carbons (Fsp3) is 0.0806. The molecule has 2 bridgehead atoms. The highest BCUT2D eigenvalue weighted by molar-refractivity contribution is 5.87. The summed E-state index contributed by atoms with van der Waals surface area (Å²) in [5.41, 5.74) is 22.7. The van der Waals surface area contributed by atoms with Gasteiger partial charge in [-0.25, -0.2) is 0 Å². The second-order valence-corrected chi connectivity index (χ2v) is 18.1. The summed E-state index contributed by atoms with van der Waals surface area (Å²) in [6, 6.07) is 75.8. The molecule has 0 aliphatic heterocycles. The topological polar surface area (TPSA) is 74.6 Å². The molecule has 4 aliphatic carbocycles. The van der Waals surface area contributed by atoms with Crippen molar-refractivity contribution < 1.29 is 0 Å². The van der Waals surface area contributed by atoms with Crippen LogP contribution in [-0.2, 0) is 5.41 Å². The van der Waals surface area contributed by atoms with E-state index >= 15 is 0 Å². The van der Waals surface area contributed by atoms with Crippen molar-refractivity contribution in [1.82, 2.24) is 0 Å². The highest BCUT2D eigenvalue weighted by Gasteiger charge is 2.45. The third kappa shape index (κ3) is 5.81. The number of benzene rings is 9. The molecule has 2 unspecified atom stereocenters. The van der Waals surface area contributed by atoms with Crippen molar-refractivity contribution in [2.24, 2.45) is 0 Å². The third-order valence-electron chi connectivity index (χ3n) is 14.4. The van der Waals surface area contributed by atoms with Crippen molar-refractivity contribution >= 4 is 17.1 Å². The maximum atomic E-state index is 10.6. The summed E-state index contributed by atoms with van der Waals surface area (Å²) in [5.74, 6) is -0.402. The van der Waals surface area contributed by atoms with Gasteiger partial charge in [-0.05, 0) is 144 Å². The first-order chi connectivity index (χ1) is 32.4. The van der Waals surface area contributed by atoms with E-state index in [0.717, 1.165) is 67.1 Å². The van der Waals surface area contributed by atoms with Crippen LogP contribution in [0.15, 0.2) is 194 Å². The van der Waals surface area contributed by atoms with Crippen LogP contribution < -0.4 is 4.90 Å². The van der Waals surface area contributed by atoms with Gasteiger partial charge in [0.1, 0.15) is 12.1 Å². The Labute approximate surface area is 385 Å². The van der Waals surface area contributed by atoms with E-state index in [9.17, 15) is 15.8 Å². The molecule has 9 aromatic rings. The van der Waals surface area contributed by atoms with E-state index in [4.69, 9.17) is 0 Å². The van der Waals surface area contributed by atoms with E-state index in [1.807, 2.05) is 30.3 Å². The van der Waals surface area contributed by atoms with Crippen LogP contribution in [0.25, 0.3) is 44.5 Å². The van der Waals surface area contributed by atoms with E-state index < -0.39 is 0 Å². The van der Waals surface area contributed by atoms with Crippen LogP contribution in [0.1, 0.15) is 86.9 Å². The number of anilines is 3. The lowest BCUT2D eigenvalue weighted by atomic mass is 9.58. The van der Waals surface area contributed by atoms with Crippen LogP contribution >= 0.6 is 0 Å². The lowest BCUT2D eigenvalue weighted by Gasteiger charge is -2.43. The molecule has 0 spiro atoms. The molecular formula is C62H40N4. The SMILES string of the molecule is CC1(C)c2ccccc2-c2ccc(N(c3ccc(-c4ccccc4)cc3)c3ccc(-c4ccc(-c5cc(C#N)c(C#N)c6c5C5c7ccccc7C6c6cc(C#N)ccc65)cc4)cc3)cc21. The van der Waals surface area contributed by atoms with Crippen molar-refractivity contribution in [1.29, 1.82) is 15.8 Å². The Morgan fingerprint density at radius 3 is 1.56 bits per heavy atom. The van der Waals surface area contributed by atoms with E-state index in [1.54, 1.807) is 0 Å². The second-order valence-electron chi connectivity index (χ2n) is 18.1. The Bertz CT molecular complexity index is 3580. The quantitative estimate of drug-likeness (QED) is 0.167. The molecule has 0 N–H and O–H groups in total. The van der Waals surface area contributed by atoms with Crippen molar-refractivity contribution in [3.05, 3.63) is 255 Å². The standard InChI is InChI=1S/C62H40N4/c1-62(2)56-15-9-8-12-48(56)49-31-29-47(34-57(49)62)66(45-25-21-41(22-26-45)39-10-4-3-5-11-39)46-27-23-42(24-28-46)40-17-19-43(20-18-40)53-33-44(36-64)55(37-65)61-59-51-14-7-6-13-50(51)58(60(53)61)52-30-16-38(35-63)32-54(52)59/h3-34,58-59H,1-2H3. The summed E-state index contributed by atoms with van der Waals surface area (Å²) in [6.07, 6.45) is 0. The number of hydrogen-bond acceptors (Lipinski definition) is 4. The molecular weight excluding hydrogens is 801 g/mol. The van der Waals surface area contributed by atoms with Gasteiger partial charge >= 0.3 is 0 Å². The number of nitriles is 3. The van der Waals surface area contributed by atoms with Gasteiger partial charge in [-0.1, -0.05) is 153 Å². The van der Waals surface area contributed by atoms with Crippen LogP contribution in [0.4, 0.5) is 17.1 Å².